The van der Waals surface area contributed by atoms with Gasteiger partial charge >= 0.3 is 0 Å². The van der Waals surface area contributed by atoms with Crippen LogP contribution in [0.5, 0.6) is 5.75 Å². The Balaban J connectivity index is 1.49. The molecule has 3 aromatic rings. The van der Waals surface area contributed by atoms with Crippen molar-refractivity contribution in [1.82, 2.24) is 14.9 Å². The zero-order valence-corrected chi connectivity index (χ0v) is 16.7. The molecule has 0 aliphatic carbocycles. The molecule has 3 rings (SSSR count). The molecule has 27 heavy (non-hydrogen) atoms. The summed E-state index contributed by atoms with van der Waals surface area (Å²) in [5.41, 5.74) is 1.45. The molecule has 0 radical (unpaired) electrons. The molecule has 2 heterocycles. The molecule has 0 atom stereocenters. The van der Waals surface area contributed by atoms with Crippen molar-refractivity contribution in [2.75, 3.05) is 13.7 Å². The summed E-state index contributed by atoms with van der Waals surface area (Å²) in [5, 5.41) is 2.50. The average Bonchev–Trinajstić information content (AvgIpc) is 3.09. The van der Waals surface area contributed by atoms with Gasteiger partial charge in [0.15, 0.2) is 0 Å². The number of thiophene rings is 1. The summed E-state index contributed by atoms with van der Waals surface area (Å²) in [6.07, 6.45) is 0.951. The molecule has 6 nitrogen and oxygen atoms in total. The average molecular weight is 406 g/mol. The van der Waals surface area contributed by atoms with Crippen molar-refractivity contribution in [3.63, 3.8) is 0 Å². The number of aromatic nitrogens is 2. The molecule has 1 amide bonds. The van der Waals surface area contributed by atoms with Gasteiger partial charge in [-0.3, -0.25) is 9.59 Å². The zero-order chi connectivity index (χ0) is 19.4. The summed E-state index contributed by atoms with van der Waals surface area (Å²) in [6, 6.07) is 7.25. The van der Waals surface area contributed by atoms with E-state index in [1.165, 1.54) is 11.3 Å². The molecule has 0 spiro atoms. The number of hydrogen-bond donors (Lipinski definition) is 1. The number of hydrogen-bond acceptors (Lipinski definition) is 5. The molecule has 8 heteroatoms. The van der Waals surface area contributed by atoms with Crippen molar-refractivity contribution in [2.24, 2.45) is 0 Å². The molecule has 0 aliphatic rings. The second kappa shape index (κ2) is 8.54. The largest absolute Gasteiger partial charge is 0.493 e. The summed E-state index contributed by atoms with van der Waals surface area (Å²) in [7, 11) is 1.70. The van der Waals surface area contributed by atoms with Gasteiger partial charge < -0.3 is 14.6 Å². The monoisotopic (exact) mass is 405 g/mol. The molecule has 1 N–H and O–H groups in total. The number of aromatic amines is 1. The lowest BCUT2D eigenvalue weighted by molar-refractivity contribution is -0.130. The lowest BCUT2D eigenvalue weighted by Crippen LogP contribution is -2.28. The van der Waals surface area contributed by atoms with Crippen molar-refractivity contribution >= 4 is 39.1 Å². The van der Waals surface area contributed by atoms with Gasteiger partial charge in [0.2, 0.25) is 5.91 Å². The number of aryl methyl sites for hydroxylation is 1. The van der Waals surface area contributed by atoms with Crippen LogP contribution in [0.2, 0.25) is 5.02 Å². The van der Waals surface area contributed by atoms with E-state index in [1.54, 1.807) is 24.1 Å². The van der Waals surface area contributed by atoms with Crippen LogP contribution in [0.1, 0.15) is 24.2 Å². The van der Waals surface area contributed by atoms with Crippen LogP contribution in [0.25, 0.3) is 10.2 Å². The predicted molar refractivity (Wildman–Crippen MR) is 108 cm³/mol. The minimum Gasteiger partial charge on any atom is -0.493 e. The highest BCUT2D eigenvalue weighted by molar-refractivity contribution is 7.17. The number of rotatable bonds is 7. The predicted octanol–water partition coefficient (Wildman–Crippen LogP) is 3.76. The van der Waals surface area contributed by atoms with Gasteiger partial charge in [0.1, 0.15) is 16.3 Å². The minimum absolute atomic E-state index is 0.0282. The Bertz CT molecular complexity index is 1010. The van der Waals surface area contributed by atoms with Crippen molar-refractivity contribution in [3.8, 4) is 5.75 Å². The van der Waals surface area contributed by atoms with Crippen LogP contribution < -0.4 is 10.3 Å². The van der Waals surface area contributed by atoms with Gasteiger partial charge in [-0.15, -0.1) is 11.3 Å². The summed E-state index contributed by atoms with van der Waals surface area (Å²) in [6.45, 7) is 2.63. The molecule has 0 fully saturated rings. The lowest BCUT2D eigenvalue weighted by Gasteiger charge is -2.16. The van der Waals surface area contributed by atoms with Gasteiger partial charge in [-0.1, -0.05) is 11.6 Å². The van der Waals surface area contributed by atoms with Gasteiger partial charge in [-0.25, -0.2) is 4.98 Å². The van der Waals surface area contributed by atoms with E-state index in [2.05, 4.69) is 9.97 Å². The number of nitrogens with zero attached hydrogens (tertiary/aromatic N) is 2. The Morgan fingerprint density at radius 1 is 1.37 bits per heavy atom. The van der Waals surface area contributed by atoms with E-state index in [4.69, 9.17) is 16.3 Å². The van der Waals surface area contributed by atoms with Gasteiger partial charge in [-0.05, 0) is 48.6 Å². The number of carbonyl (C=O) groups is 1. The number of halogens is 1. The number of benzene rings is 1. The first kappa shape index (κ1) is 19.4. The van der Waals surface area contributed by atoms with E-state index in [9.17, 15) is 9.59 Å². The summed E-state index contributed by atoms with van der Waals surface area (Å²) in [5.74, 6) is 1.22. The van der Waals surface area contributed by atoms with Crippen molar-refractivity contribution in [2.45, 2.75) is 26.3 Å². The van der Waals surface area contributed by atoms with E-state index >= 15 is 0 Å². The maximum atomic E-state index is 12.3. The smallest absolute Gasteiger partial charge is 0.268 e. The summed E-state index contributed by atoms with van der Waals surface area (Å²) in [4.78, 5) is 33.0. The number of fused-ring (bicyclic) bond motifs is 1. The number of H-pyrrole nitrogens is 1. The standard InChI is InChI=1S/C19H20ClN3O3S/c1-12-10-13(20)5-6-15(12)26-8-3-4-17(24)23(2)11-16-21-14-7-9-27-18(14)19(25)22-16/h5-7,9-10H,3-4,8,11H2,1-2H3,(H,21,22,25). The van der Waals surface area contributed by atoms with Crippen LogP contribution in [0.4, 0.5) is 0 Å². The molecule has 0 bridgehead atoms. The first-order valence-corrected chi connectivity index (χ1v) is 9.79. The fourth-order valence-electron chi connectivity index (χ4n) is 2.68. The first-order chi connectivity index (χ1) is 12.9. The Labute approximate surface area is 165 Å². The highest BCUT2D eigenvalue weighted by atomic mass is 35.5. The highest BCUT2D eigenvalue weighted by Gasteiger charge is 2.12. The van der Waals surface area contributed by atoms with Crippen molar-refractivity contribution < 1.29 is 9.53 Å². The number of nitrogens with one attached hydrogen (secondary N) is 1. The van der Waals surface area contributed by atoms with Crippen molar-refractivity contribution in [3.05, 3.63) is 56.4 Å². The molecular weight excluding hydrogens is 386 g/mol. The van der Waals surface area contributed by atoms with Crippen LogP contribution >= 0.6 is 22.9 Å². The third-order valence-corrected chi connectivity index (χ3v) is 5.24. The Morgan fingerprint density at radius 3 is 2.96 bits per heavy atom. The third-order valence-electron chi connectivity index (χ3n) is 4.11. The van der Waals surface area contributed by atoms with Crippen LogP contribution in [-0.2, 0) is 11.3 Å². The Kier molecular flexibility index (Phi) is 6.13. The summed E-state index contributed by atoms with van der Waals surface area (Å²) >= 11 is 7.28. The molecule has 2 aromatic heterocycles. The minimum atomic E-state index is -0.169. The normalized spacial score (nSPS) is 10.9. The third kappa shape index (κ3) is 4.87. The van der Waals surface area contributed by atoms with Crippen LogP contribution in [0, 0.1) is 6.92 Å². The Hall–Kier alpha value is -2.38. The van der Waals surface area contributed by atoms with E-state index < -0.39 is 0 Å². The van der Waals surface area contributed by atoms with Crippen LogP contribution in [0.3, 0.4) is 0 Å². The topological polar surface area (TPSA) is 75.3 Å². The maximum absolute atomic E-state index is 12.3. The van der Waals surface area contributed by atoms with Crippen LogP contribution in [0.15, 0.2) is 34.4 Å². The maximum Gasteiger partial charge on any atom is 0.268 e. The molecule has 142 valence electrons. The lowest BCUT2D eigenvalue weighted by atomic mass is 10.2. The molecule has 0 aliphatic heterocycles. The molecular formula is C19H20ClN3O3S. The highest BCUT2D eigenvalue weighted by Crippen LogP contribution is 2.22. The molecule has 0 unspecified atom stereocenters. The van der Waals surface area contributed by atoms with E-state index in [0.29, 0.717) is 40.5 Å². The first-order valence-electron chi connectivity index (χ1n) is 8.53. The van der Waals surface area contributed by atoms with Gasteiger partial charge in [0.25, 0.3) is 5.56 Å². The number of ether oxygens (including phenoxy) is 1. The fourth-order valence-corrected chi connectivity index (χ4v) is 3.63. The SMILES string of the molecule is Cc1cc(Cl)ccc1OCCCC(=O)N(C)Cc1nc2ccsc2c(=O)[nH]1. The van der Waals surface area contributed by atoms with Gasteiger partial charge in [0.05, 0.1) is 18.7 Å². The van der Waals surface area contributed by atoms with Crippen molar-refractivity contribution in [1.29, 1.82) is 0 Å². The van der Waals surface area contributed by atoms with E-state index in [-0.39, 0.29) is 18.0 Å². The van der Waals surface area contributed by atoms with Gasteiger partial charge in [-0.2, -0.15) is 0 Å². The molecule has 1 aromatic carbocycles. The van der Waals surface area contributed by atoms with Crippen LogP contribution in [-0.4, -0.2) is 34.4 Å². The zero-order valence-electron chi connectivity index (χ0n) is 15.1. The number of carbonyl (C=O) groups excluding carboxylic acids is 1. The summed E-state index contributed by atoms with van der Waals surface area (Å²) < 4.78 is 6.31. The Morgan fingerprint density at radius 2 is 2.19 bits per heavy atom. The quantitative estimate of drug-likeness (QED) is 0.607. The molecule has 0 saturated carbocycles. The van der Waals surface area contributed by atoms with E-state index in [1.807, 2.05) is 24.4 Å². The van der Waals surface area contributed by atoms with Gasteiger partial charge in [0, 0.05) is 18.5 Å². The molecule has 0 saturated heterocycles. The van der Waals surface area contributed by atoms with E-state index in [0.717, 1.165) is 11.3 Å². The second-order valence-electron chi connectivity index (χ2n) is 6.26. The fraction of sp³-hybridized carbons (Fsp3) is 0.316. The number of amides is 1. The second-order valence-corrected chi connectivity index (χ2v) is 7.61.